The fourth-order valence-electron chi connectivity index (χ4n) is 3.19. The van der Waals surface area contributed by atoms with E-state index in [-0.39, 0.29) is 12.5 Å². The minimum atomic E-state index is -0.445. The Morgan fingerprint density at radius 3 is 2.59 bits per heavy atom. The van der Waals surface area contributed by atoms with Crippen LogP contribution in [0.25, 0.3) is 0 Å². The molecule has 0 aliphatic rings. The summed E-state index contributed by atoms with van der Waals surface area (Å²) in [7, 11) is 1.49. The monoisotopic (exact) mass is 629 g/mol. The highest BCUT2D eigenvalue weighted by molar-refractivity contribution is 9.11. The minimum absolute atomic E-state index is 0.221. The second-order valence-electron chi connectivity index (χ2n) is 7.68. The molecule has 0 unspecified atom stereocenters. The third-order valence-corrected chi connectivity index (χ3v) is 5.89. The van der Waals surface area contributed by atoms with E-state index in [0.717, 1.165) is 10.0 Å². The number of benzene rings is 3. The minimum Gasteiger partial charge on any atom is -0.493 e. The van der Waals surface area contributed by atoms with Crippen LogP contribution in [0.4, 0.5) is 5.69 Å². The van der Waals surface area contributed by atoms with E-state index in [1.54, 1.807) is 42.5 Å². The van der Waals surface area contributed by atoms with Crippen molar-refractivity contribution in [2.45, 2.75) is 6.92 Å². The molecule has 3 aromatic carbocycles. The first-order chi connectivity index (χ1) is 17.8. The fraction of sp³-hybridized carbons (Fsp3) is 0.148. The molecular formula is C27H25Br2N3O5. The van der Waals surface area contributed by atoms with Gasteiger partial charge in [-0.2, -0.15) is 5.10 Å². The summed E-state index contributed by atoms with van der Waals surface area (Å²) in [6, 6.07) is 15.8. The molecule has 2 N–H and O–H groups in total. The predicted molar refractivity (Wildman–Crippen MR) is 151 cm³/mol. The van der Waals surface area contributed by atoms with Gasteiger partial charge in [0.1, 0.15) is 12.4 Å². The number of hydrazone groups is 1. The predicted octanol–water partition coefficient (Wildman–Crippen LogP) is 5.87. The first-order valence-corrected chi connectivity index (χ1v) is 12.6. The number of nitrogens with zero attached hydrogens (tertiary/aromatic N) is 1. The fourth-order valence-corrected chi connectivity index (χ4v) is 4.56. The van der Waals surface area contributed by atoms with Gasteiger partial charge in [0.25, 0.3) is 11.8 Å². The van der Waals surface area contributed by atoms with E-state index in [2.05, 4.69) is 54.3 Å². The summed E-state index contributed by atoms with van der Waals surface area (Å²) in [5.41, 5.74) is 5.07. The molecule has 8 nitrogen and oxygen atoms in total. The molecule has 3 aromatic rings. The summed E-state index contributed by atoms with van der Waals surface area (Å²) in [5, 5.41) is 6.86. The van der Waals surface area contributed by atoms with Gasteiger partial charge in [0, 0.05) is 21.3 Å². The molecule has 0 heterocycles. The molecule has 0 radical (unpaired) electrons. The molecule has 37 heavy (non-hydrogen) atoms. The van der Waals surface area contributed by atoms with Crippen LogP contribution in [0.15, 0.2) is 81.3 Å². The number of rotatable bonds is 11. The maximum Gasteiger partial charge on any atom is 0.271 e. The quantitative estimate of drug-likeness (QED) is 0.157. The molecule has 0 aliphatic heterocycles. The molecule has 0 aromatic heterocycles. The average Bonchev–Trinajstić information content (AvgIpc) is 2.86. The van der Waals surface area contributed by atoms with E-state index in [1.165, 1.54) is 13.3 Å². The lowest BCUT2D eigenvalue weighted by Gasteiger charge is -2.12. The van der Waals surface area contributed by atoms with Gasteiger partial charge < -0.3 is 19.5 Å². The first kappa shape index (κ1) is 27.9. The molecule has 0 saturated carbocycles. The zero-order valence-electron chi connectivity index (χ0n) is 20.2. The molecule has 0 bridgehead atoms. The Labute approximate surface area is 232 Å². The van der Waals surface area contributed by atoms with Crippen molar-refractivity contribution in [1.29, 1.82) is 0 Å². The highest BCUT2D eigenvalue weighted by Crippen LogP contribution is 2.32. The van der Waals surface area contributed by atoms with Crippen LogP contribution in [-0.4, -0.2) is 38.4 Å². The number of carbonyl (C=O) groups excluding carboxylic acids is 2. The third kappa shape index (κ3) is 8.19. The van der Waals surface area contributed by atoms with Crippen LogP contribution in [0, 0.1) is 6.92 Å². The van der Waals surface area contributed by atoms with Gasteiger partial charge in [0.05, 0.1) is 17.8 Å². The molecule has 192 valence electrons. The van der Waals surface area contributed by atoms with Crippen molar-refractivity contribution in [3.8, 4) is 17.2 Å². The molecule has 0 spiro atoms. The van der Waals surface area contributed by atoms with E-state index >= 15 is 0 Å². The Hall–Kier alpha value is -3.63. The number of hydrogen-bond donors (Lipinski definition) is 2. The van der Waals surface area contributed by atoms with Crippen molar-refractivity contribution in [3.63, 3.8) is 0 Å². The molecule has 0 atom stereocenters. The van der Waals surface area contributed by atoms with Crippen molar-refractivity contribution < 1.29 is 23.8 Å². The lowest BCUT2D eigenvalue weighted by molar-refractivity contribution is -0.118. The van der Waals surface area contributed by atoms with Gasteiger partial charge in [0.2, 0.25) is 0 Å². The number of amides is 2. The smallest absolute Gasteiger partial charge is 0.271 e. The van der Waals surface area contributed by atoms with Crippen LogP contribution in [0.2, 0.25) is 0 Å². The van der Waals surface area contributed by atoms with Gasteiger partial charge in [-0.15, -0.1) is 0 Å². The van der Waals surface area contributed by atoms with E-state index in [9.17, 15) is 9.59 Å². The van der Waals surface area contributed by atoms with Crippen LogP contribution in [0.5, 0.6) is 17.2 Å². The maximum absolute atomic E-state index is 12.6. The van der Waals surface area contributed by atoms with E-state index in [0.29, 0.717) is 45.1 Å². The Balaban J connectivity index is 1.68. The Bertz CT molecular complexity index is 1330. The maximum atomic E-state index is 12.6. The van der Waals surface area contributed by atoms with Crippen molar-refractivity contribution >= 4 is 55.6 Å². The van der Waals surface area contributed by atoms with Crippen LogP contribution >= 0.6 is 31.9 Å². The van der Waals surface area contributed by atoms with E-state index < -0.39 is 5.91 Å². The summed E-state index contributed by atoms with van der Waals surface area (Å²) >= 11 is 6.89. The van der Waals surface area contributed by atoms with Crippen LogP contribution in [0.1, 0.15) is 21.5 Å². The number of nitrogens with one attached hydrogen (secondary N) is 2. The molecular weight excluding hydrogens is 606 g/mol. The van der Waals surface area contributed by atoms with Crippen molar-refractivity contribution in [2.75, 3.05) is 25.6 Å². The highest BCUT2D eigenvalue weighted by atomic mass is 79.9. The number of ether oxygens (including phenoxy) is 3. The van der Waals surface area contributed by atoms with E-state index in [4.69, 9.17) is 14.2 Å². The first-order valence-electron chi connectivity index (χ1n) is 11.0. The van der Waals surface area contributed by atoms with Gasteiger partial charge in [-0.05, 0) is 70.9 Å². The Kier molecular flexibility index (Phi) is 10.3. The summed E-state index contributed by atoms with van der Waals surface area (Å²) in [5.74, 6) is 0.541. The summed E-state index contributed by atoms with van der Waals surface area (Å²) in [6.07, 6.45) is 3.05. The molecule has 0 fully saturated rings. The van der Waals surface area contributed by atoms with E-state index in [1.807, 2.05) is 25.1 Å². The molecule has 2 amide bonds. The number of hydrogen-bond acceptors (Lipinski definition) is 6. The topological polar surface area (TPSA) is 98.3 Å². The summed E-state index contributed by atoms with van der Waals surface area (Å²) in [4.78, 5) is 25.0. The molecule has 3 rings (SSSR count). The average molecular weight is 631 g/mol. The lowest BCUT2D eigenvalue weighted by atomic mass is 10.2. The molecule has 0 aliphatic carbocycles. The number of methoxy groups -OCH3 is 1. The SMILES string of the molecule is C=CCOc1ccc(C(=O)N/N=C/c2cc(Br)cc(Br)c2OCC(=O)Nc2cccc(C)c2)cc1OC. The van der Waals surface area contributed by atoms with Gasteiger partial charge in [0.15, 0.2) is 18.1 Å². The Morgan fingerprint density at radius 1 is 1.05 bits per heavy atom. The molecule has 0 saturated heterocycles. The van der Waals surface area contributed by atoms with Gasteiger partial charge in [-0.25, -0.2) is 5.43 Å². The second-order valence-corrected chi connectivity index (χ2v) is 9.45. The zero-order valence-corrected chi connectivity index (χ0v) is 23.4. The van der Waals surface area contributed by atoms with Gasteiger partial charge >= 0.3 is 0 Å². The summed E-state index contributed by atoms with van der Waals surface area (Å²) in [6.45, 7) is 5.65. The van der Waals surface area contributed by atoms with Crippen LogP contribution in [-0.2, 0) is 4.79 Å². The summed E-state index contributed by atoms with van der Waals surface area (Å²) < 4.78 is 18.0. The largest absolute Gasteiger partial charge is 0.493 e. The van der Waals surface area contributed by atoms with Crippen molar-refractivity contribution in [2.24, 2.45) is 5.10 Å². The highest BCUT2D eigenvalue weighted by Gasteiger charge is 2.13. The molecule has 10 heteroatoms. The van der Waals surface area contributed by atoms with Crippen LogP contribution in [0.3, 0.4) is 0 Å². The normalized spacial score (nSPS) is 10.6. The number of anilines is 1. The van der Waals surface area contributed by atoms with Gasteiger partial charge in [-0.3, -0.25) is 9.59 Å². The lowest BCUT2D eigenvalue weighted by Crippen LogP contribution is -2.21. The standard InChI is InChI=1S/C27H25Br2N3O5/c1-4-10-36-23-9-8-18(13-24(23)35-3)27(34)32-30-15-19-12-20(28)14-22(29)26(19)37-16-25(33)31-21-7-5-6-17(2)11-21/h4-9,11-15H,1,10,16H2,2-3H3,(H,31,33)(H,32,34)/b30-15+. The van der Waals surface area contributed by atoms with Crippen molar-refractivity contribution in [1.82, 2.24) is 5.43 Å². The van der Waals surface area contributed by atoms with Crippen molar-refractivity contribution in [3.05, 3.63) is 92.9 Å². The number of carbonyl (C=O) groups is 2. The number of aryl methyl sites for hydroxylation is 1. The number of halogens is 2. The zero-order chi connectivity index (χ0) is 26.8. The van der Waals surface area contributed by atoms with Gasteiger partial charge in [-0.1, -0.05) is 40.7 Å². The van der Waals surface area contributed by atoms with Crippen LogP contribution < -0.4 is 25.0 Å². The second kappa shape index (κ2) is 13.6. The third-order valence-electron chi connectivity index (χ3n) is 4.84. The Morgan fingerprint density at radius 2 is 1.86 bits per heavy atom.